The molecule has 1 heterocycles. The standard InChI is InChI=1S/C20H19ClFN3O4/c1-10-17(18(25-20(27)23-10)11-4-6-12(22)7-5-11)19(26)24-14-9-15(28-2)13(21)8-16(14)29-3/h4-9,18H,1-3H3,(H,24,26)(H2,23,25,27). The number of urea groups is 1. The molecule has 0 aliphatic carbocycles. The summed E-state index contributed by atoms with van der Waals surface area (Å²) in [5.74, 6) is -0.196. The molecule has 0 fully saturated rings. The fourth-order valence-electron chi connectivity index (χ4n) is 3.05. The van der Waals surface area contributed by atoms with Gasteiger partial charge in [-0.1, -0.05) is 23.7 Å². The number of amides is 3. The Hall–Kier alpha value is -3.26. The highest BCUT2D eigenvalue weighted by atomic mass is 35.5. The Kier molecular flexibility index (Phi) is 5.93. The molecule has 1 atom stereocenters. The quantitative estimate of drug-likeness (QED) is 0.688. The van der Waals surface area contributed by atoms with Crippen molar-refractivity contribution in [2.45, 2.75) is 13.0 Å². The van der Waals surface area contributed by atoms with E-state index in [9.17, 15) is 14.0 Å². The number of hydrogen-bond acceptors (Lipinski definition) is 4. The van der Waals surface area contributed by atoms with Crippen LogP contribution in [-0.2, 0) is 4.79 Å². The monoisotopic (exact) mass is 419 g/mol. The first-order valence-electron chi connectivity index (χ1n) is 8.60. The van der Waals surface area contributed by atoms with Crippen molar-refractivity contribution in [1.82, 2.24) is 10.6 Å². The Bertz CT molecular complexity index is 992. The largest absolute Gasteiger partial charge is 0.495 e. The van der Waals surface area contributed by atoms with Gasteiger partial charge in [0, 0.05) is 17.8 Å². The van der Waals surface area contributed by atoms with E-state index in [1.807, 2.05) is 0 Å². The zero-order valence-electron chi connectivity index (χ0n) is 15.9. The van der Waals surface area contributed by atoms with E-state index in [0.717, 1.165) is 0 Å². The lowest BCUT2D eigenvalue weighted by molar-refractivity contribution is -0.113. The van der Waals surface area contributed by atoms with Crippen molar-refractivity contribution in [2.75, 3.05) is 19.5 Å². The van der Waals surface area contributed by atoms with Crippen molar-refractivity contribution in [3.8, 4) is 11.5 Å². The van der Waals surface area contributed by atoms with Gasteiger partial charge < -0.3 is 25.4 Å². The molecule has 152 valence electrons. The lowest BCUT2D eigenvalue weighted by Crippen LogP contribution is -2.46. The van der Waals surface area contributed by atoms with Crippen LogP contribution >= 0.6 is 11.6 Å². The van der Waals surface area contributed by atoms with Gasteiger partial charge in [-0.05, 0) is 24.6 Å². The van der Waals surface area contributed by atoms with Crippen molar-refractivity contribution in [2.24, 2.45) is 0 Å². The lowest BCUT2D eigenvalue weighted by Gasteiger charge is -2.29. The molecule has 3 rings (SSSR count). The molecule has 9 heteroatoms. The smallest absolute Gasteiger partial charge is 0.319 e. The molecule has 0 saturated carbocycles. The van der Waals surface area contributed by atoms with Crippen LogP contribution in [0.3, 0.4) is 0 Å². The number of rotatable bonds is 5. The molecule has 0 saturated heterocycles. The van der Waals surface area contributed by atoms with Crippen molar-refractivity contribution < 1.29 is 23.5 Å². The summed E-state index contributed by atoms with van der Waals surface area (Å²) in [6, 6.07) is 7.40. The third-order valence-corrected chi connectivity index (χ3v) is 4.73. The van der Waals surface area contributed by atoms with Crippen LogP contribution in [0.15, 0.2) is 47.7 Å². The Labute approximate surface area is 171 Å². The molecule has 7 nitrogen and oxygen atoms in total. The minimum Gasteiger partial charge on any atom is -0.495 e. The topological polar surface area (TPSA) is 88.7 Å². The maximum absolute atomic E-state index is 13.3. The highest BCUT2D eigenvalue weighted by molar-refractivity contribution is 6.32. The van der Waals surface area contributed by atoms with Crippen LogP contribution in [-0.4, -0.2) is 26.2 Å². The number of methoxy groups -OCH3 is 2. The third-order valence-electron chi connectivity index (χ3n) is 4.44. The maximum Gasteiger partial charge on any atom is 0.319 e. The first-order valence-corrected chi connectivity index (χ1v) is 8.98. The Morgan fingerprint density at radius 2 is 1.79 bits per heavy atom. The minimum absolute atomic E-state index is 0.271. The summed E-state index contributed by atoms with van der Waals surface area (Å²) in [7, 11) is 2.90. The molecule has 0 bridgehead atoms. The summed E-state index contributed by atoms with van der Waals surface area (Å²) >= 11 is 6.11. The summed E-state index contributed by atoms with van der Waals surface area (Å²) in [5.41, 5.74) is 1.55. The van der Waals surface area contributed by atoms with Crippen molar-refractivity contribution in [3.63, 3.8) is 0 Å². The molecule has 3 N–H and O–H groups in total. The number of ether oxygens (including phenoxy) is 2. The molecule has 1 aliphatic heterocycles. The summed E-state index contributed by atoms with van der Waals surface area (Å²) < 4.78 is 23.8. The van der Waals surface area contributed by atoms with Crippen LogP contribution in [0.5, 0.6) is 11.5 Å². The van der Waals surface area contributed by atoms with Crippen LogP contribution < -0.4 is 25.4 Å². The molecule has 1 aliphatic rings. The van der Waals surface area contributed by atoms with E-state index in [1.54, 1.807) is 6.92 Å². The molecule has 3 amide bonds. The maximum atomic E-state index is 13.3. The summed E-state index contributed by atoms with van der Waals surface area (Å²) in [4.78, 5) is 25.1. The fourth-order valence-corrected chi connectivity index (χ4v) is 3.28. The number of carbonyl (C=O) groups excluding carboxylic acids is 2. The first kappa shape index (κ1) is 20.5. The van der Waals surface area contributed by atoms with Gasteiger partial charge >= 0.3 is 6.03 Å². The van der Waals surface area contributed by atoms with Crippen LogP contribution in [0.25, 0.3) is 0 Å². The second-order valence-electron chi connectivity index (χ2n) is 6.26. The van der Waals surface area contributed by atoms with Crippen molar-refractivity contribution in [3.05, 3.63) is 64.1 Å². The average Bonchev–Trinajstić information content (AvgIpc) is 2.68. The van der Waals surface area contributed by atoms with E-state index in [-0.39, 0.29) is 5.57 Å². The Morgan fingerprint density at radius 3 is 2.41 bits per heavy atom. The lowest BCUT2D eigenvalue weighted by atomic mass is 9.95. The van der Waals surface area contributed by atoms with Crippen molar-refractivity contribution in [1.29, 1.82) is 0 Å². The summed E-state index contributed by atoms with van der Waals surface area (Å²) in [5, 5.41) is 8.37. The van der Waals surface area contributed by atoms with E-state index in [0.29, 0.717) is 33.5 Å². The second kappa shape index (κ2) is 8.40. The third kappa shape index (κ3) is 4.27. The van der Waals surface area contributed by atoms with E-state index in [2.05, 4.69) is 16.0 Å². The molecule has 2 aromatic rings. The molecule has 0 spiro atoms. The van der Waals surface area contributed by atoms with Gasteiger partial charge in [-0.3, -0.25) is 4.79 Å². The summed E-state index contributed by atoms with van der Waals surface area (Å²) in [6.45, 7) is 1.61. The normalized spacial score (nSPS) is 16.0. The molecule has 29 heavy (non-hydrogen) atoms. The second-order valence-corrected chi connectivity index (χ2v) is 6.67. The number of allylic oxidation sites excluding steroid dienone is 1. The van der Waals surface area contributed by atoms with E-state index >= 15 is 0 Å². The van der Waals surface area contributed by atoms with Crippen molar-refractivity contribution >= 4 is 29.2 Å². The average molecular weight is 420 g/mol. The van der Waals surface area contributed by atoms with Gasteiger partial charge in [0.25, 0.3) is 5.91 Å². The zero-order valence-corrected chi connectivity index (χ0v) is 16.7. The van der Waals surface area contributed by atoms with E-state index in [1.165, 1.54) is 50.6 Å². The Morgan fingerprint density at radius 1 is 1.14 bits per heavy atom. The number of carbonyl (C=O) groups is 2. The predicted octanol–water partition coefficient (Wildman–Crippen LogP) is 3.76. The van der Waals surface area contributed by atoms with Gasteiger partial charge in [0.2, 0.25) is 0 Å². The number of halogens is 2. The van der Waals surface area contributed by atoms with Gasteiger partial charge in [0.05, 0.1) is 36.5 Å². The first-order chi connectivity index (χ1) is 13.8. The van der Waals surface area contributed by atoms with Crippen LogP contribution in [0, 0.1) is 5.82 Å². The van der Waals surface area contributed by atoms with Crippen LogP contribution in [0.1, 0.15) is 18.5 Å². The SMILES string of the molecule is COc1cc(NC(=O)C2=C(C)NC(=O)NC2c2ccc(F)cc2)c(OC)cc1Cl. The fraction of sp³-hybridized carbons (Fsp3) is 0.200. The van der Waals surface area contributed by atoms with Gasteiger partial charge in [-0.15, -0.1) is 0 Å². The van der Waals surface area contributed by atoms with Gasteiger partial charge in [-0.25, -0.2) is 9.18 Å². The molecular weight excluding hydrogens is 401 g/mol. The van der Waals surface area contributed by atoms with E-state index in [4.69, 9.17) is 21.1 Å². The van der Waals surface area contributed by atoms with E-state index < -0.39 is 23.8 Å². The molecule has 0 radical (unpaired) electrons. The molecule has 2 aromatic carbocycles. The molecule has 0 aromatic heterocycles. The predicted molar refractivity (Wildman–Crippen MR) is 107 cm³/mol. The highest BCUT2D eigenvalue weighted by Gasteiger charge is 2.31. The number of anilines is 1. The highest BCUT2D eigenvalue weighted by Crippen LogP contribution is 2.37. The van der Waals surface area contributed by atoms with Gasteiger partial charge in [0.15, 0.2) is 0 Å². The van der Waals surface area contributed by atoms with Gasteiger partial charge in [-0.2, -0.15) is 0 Å². The number of nitrogens with one attached hydrogen (secondary N) is 3. The molecule has 1 unspecified atom stereocenters. The Balaban J connectivity index is 1.98. The van der Waals surface area contributed by atoms with Crippen LogP contribution in [0.2, 0.25) is 5.02 Å². The van der Waals surface area contributed by atoms with Gasteiger partial charge in [0.1, 0.15) is 17.3 Å². The minimum atomic E-state index is -0.760. The van der Waals surface area contributed by atoms with Crippen LogP contribution in [0.4, 0.5) is 14.9 Å². The zero-order chi connectivity index (χ0) is 21.1. The number of benzene rings is 2. The molecular formula is C20H19ClFN3O4. The number of hydrogen-bond donors (Lipinski definition) is 3. The summed E-state index contributed by atoms with van der Waals surface area (Å²) in [6.07, 6.45) is 0.